The molecule has 0 aromatic carbocycles. The third-order valence-electron chi connectivity index (χ3n) is 1.44. The predicted octanol–water partition coefficient (Wildman–Crippen LogP) is 1.76. The molecule has 0 unspecified atom stereocenters. The van der Waals surface area contributed by atoms with Crippen LogP contribution in [0.5, 0.6) is 0 Å². The first kappa shape index (κ1) is 7.79. The lowest BCUT2D eigenvalue weighted by Crippen LogP contribution is -1.97. The zero-order valence-corrected chi connectivity index (χ0v) is 6.32. The number of hydrogen-bond acceptors (Lipinski definition) is 2. The van der Waals surface area contributed by atoms with Crippen molar-refractivity contribution in [2.24, 2.45) is 5.92 Å². The van der Waals surface area contributed by atoms with Crippen LogP contribution in [0.25, 0.3) is 0 Å². The molecule has 2 heteroatoms. The summed E-state index contributed by atoms with van der Waals surface area (Å²) in [6.45, 7) is 1.42. The van der Waals surface area contributed by atoms with Gasteiger partial charge in [-0.3, -0.25) is 4.79 Å². The van der Waals surface area contributed by atoms with Crippen molar-refractivity contribution in [3.63, 3.8) is 0 Å². The number of ketones is 1. The van der Waals surface area contributed by atoms with E-state index in [1.54, 1.807) is 0 Å². The Bertz CT molecular complexity index is 234. The monoisotopic (exact) mass is 150 g/mol. The number of rotatable bonds is 2. The van der Waals surface area contributed by atoms with Crippen LogP contribution in [0.1, 0.15) is 6.92 Å². The fraction of sp³-hybridized carbons (Fsp3) is 0.222. The van der Waals surface area contributed by atoms with E-state index in [4.69, 9.17) is 0 Å². The summed E-state index contributed by atoms with van der Waals surface area (Å²) >= 11 is 0. The topological polar surface area (TPSA) is 37.3 Å². The van der Waals surface area contributed by atoms with Crippen LogP contribution in [0.2, 0.25) is 0 Å². The molecule has 0 fully saturated rings. The van der Waals surface area contributed by atoms with Crippen LogP contribution < -0.4 is 0 Å². The lowest BCUT2D eigenvalue weighted by Gasteiger charge is -2.01. The van der Waals surface area contributed by atoms with Crippen molar-refractivity contribution in [3.8, 4) is 0 Å². The average molecular weight is 150 g/mol. The fourth-order valence-corrected chi connectivity index (χ4v) is 0.934. The van der Waals surface area contributed by atoms with Crippen LogP contribution in [-0.2, 0) is 4.79 Å². The molecule has 11 heavy (non-hydrogen) atoms. The molecular weight excluding hydrogens is 140 g/mol. The maximum Gasteiger partial charge on any atom is 0.155 e. The number of carbonyl (C=O) groups excluding carboxylic acids is 1. The van der Waals surface area contributed by atoms with Crippen molar-refractivity contribution in [2.75, 3.05) is 0 Å². The van der Waals surface area contributed by atoms with Gasteiger partial charge in [0, 0.05) is 6.08 Å². The Hall–Kier alpha value is -1.31. The molecule has 1 aliphatic carbocycles. The van der Waals surface area contributed by atoms with Gasteiger partial charge in [0.15, 0.2) is 5.78 Å². The normalized spacial score (nSPS) is 17.7. The van der Waals surface area contributed by atoms with E-state index in [9.17, 15) is 9.90 Å². The van der Waals surface area contributed by atoms with E-state index in [1.165, 1.54) is 13.0 Å². The number of aliphatic hydroxyl groups excluding tert-OH is 1. The SMILES string of the molecule is CC(=O)/C=C(\O)C1C=CC=C1. The van der Waals surface area contributed by atoms with Crippen molar-refractivity contribution in [1.82, 2.24) is 0 Å². The minimum Gasteiger partial charge on any atom is -0.511 e. The fourth-order valence-electron chi connectivity index (χ4n) is 0.934. The molecule has 0 spiro atoms. The molecule has 2 nitrogen and oxygen atoms in total. The van der Waals surface area contributed by atoms with Crippen molar-refractivity contribution >= 4 is 5.78 Å². The molecule has 1 rings (SSSR count). The molecule has 0 bridgehead atoms. The van der Waals surface area contributed by atoms with Crippen LogP contribution in [0.4, 0.5) is 0 Å². The largest absolute Gasteiger partial charge is 0.511 e. The van der Waals surface area contributed by atoms with Gasteiger partial charge in [-0.1, -0.05) is 24.3 Å². The van der Waals surface area contributed by atoms with Crippen LogP contribution in [-0.4, -0.2) is 10.9 Å². The first-order chi connectivity index (χ1) is 5.20. The second kappa shape index (κ2) is 3.19. The minimum absolute atomic E-state index is 0.0982. The van der Waals surface area contributed by atoms with Gasteiger partial charge in [-0.15, -0.1) is 0 Å². The van der Waals surface area contributed by atoms with Gasteiger partial charge < -0.3 is 5.11 Å². The standard InChI is InChI=1S/C9H10O2/c1-7(10)6-9(11)8-4-2-3-5-8/h2-6,8,11H,1H3/b9-6-. The Morgan fingerprint density at radius 1 is 1.45 bits per heavy atom. The number of allylic oxidation sites excluding steroid dienone is 4. The first-order valence-electron chi connectivity index (χ1n) is 3.46. The van der Waals surface area contributed by atoms with Crippen molar-refractivity contribution < 1.29 is 9.90 Å². The molecule has 0 aliphatic heterocycles. The summed E-state index contributed by atoms with van der Waals surface area (Å²) < 4.78 is 0. The molecule has 0 heterocycles. The molecule has 1 aliphatic rings. The lowest BCUT2D eigenvalue weighted by molar-refractivity contribution is -0.112. The van der Waals surface area contributed by atoms with Crippen molar-refractivity contribution in [1.29, 1.82) is 0 Å². The van der Waals surface area contributed by atoms with E-state index >= 15 is 0 Å². The van der Waals surface area contributed by atoms with Crippen LogP contribution >= 0.6 is 0 Å². The highest BCUT2D eigenvalue weighted by atomic mass is 16.3. The predicted molar refractivity (Wildman–Crippen MR) is 43.2 cm³/mol. The van der Waals surface area contributed by atoms with Gasteiger partial charge in [0.05, 0.1) is 5.92 Å². The van der Waals surface area contributed by atoms with E-state index in [-0.39, 0.29) is 17.5 Å². The summed E-state index contributed by atoms with van der Waals surface area (Å²) in [6.07, 6.45) is 8.58. The zero-order chi connectivity index (χ0) is 8.27. The molecule has 0 amide bonds. The number of aliphatic hydroxyl groups is 1. The second-order valence-electron chi connectivity index (χ2n) is 2.48. The minimum atomic E-state index is -0.129. The van der Waals surface area contributed by atoms with E-state index in [0.717, 1.165) is 0 Å². The lowest BCUT2D eigenvalue weighted by atomic mass is 10.1. The second-order valence-corrected chi connectivity index (χ2v) is 2.48. The third kappa shape index (κ3) is 2.08. The Morgan fingerprint density at radius 2 is 2.00 bits per heavy atom. The summed E-state index contributed by atoms with van der Waals surface area (Å²) in [6, 6.07) is 0. The highest BCUT2D eigenvalue weighted by Crippen LogP contribution is 2.16. The van der Waals surface area contributed by atoms with Crippen LogP contribution in [0.3, 0.4) is 0 Å². The quantitative estimate of drug-likeness (QED) is 0.481. The van der Waals surface area contributed by atoms with Crippen LogP contribution in [0.15, 0.2) is 36.1 Å². The summed E-state index contributed by atoms with van der Waals surface area (Å²) in [5.74, 6) is -0.113. The highest BCUT2D eigenvalue weighted by molar-refractivity contribution is 5.87. The maximum absolute atomic E-state index is 10.5. The molecule has 0 aromatic heterocycles. The Balaban J connectivity index is 2.67. The van der Waals surface area contributed by atoms with E-state index in [2.05, 4.69) is 0 Å². The van der Waals surface area contributed by atoms with Crippen LogP contribution in [0, 0.1) is 5.92 Å². The van der Waals surface area contributed by atoms with Gasteiger partial charge >= 0.3 is 0 Å². The van der Waals surface area contributed by atoms with Gasteiger partial charge in [-0.2, -0.15) is 0 Å². The molecular formula is C9H10O2. The smallest absolute Gasteiger partial charge is 0.155 e. The summed E-state index contributed by atoms with van der Waals surface area (Å²) in [7, 11) is 0. The molecule has 0 radical (unpaired) electrons. The molecule has 0 saturated heterocycles. The summed E-state index contributed by atoms with van der Waals surface area (Å²) in [5, 5.41) is 9.26. The van der Waals surface area contributed by atoms with E-state index < -0.39 is 0 Å². The van der Waals surface area contributed by atoms with Crippen molar-refractivity contribution in [3.05, 3.63) is 36.1 Å². The highest BCUT2D eigenvalue weighted by Gasteiger charge is 2.08. The summed E-state index contributed by atoms with van der Waals surface area (Å²) in [5.41, 5.74) is 0. The van der Waals surface area contributed by atoms with Gasteiger partial charge in [-0.05, 0) is 6.92 Å². The number of carbonyl (C=O) groups is 1. The van der Waals surface area contributed by atoms with Gasteiger partial charge in [-0.25, -0.2) is 0 Å². The summed E-state index contributed by atoms with van der Waals surface area (Å²) in [4.78, 5) is 10.5. The van der Waals surface area contributed by atoms with Gasteiger partial charge in [0.1, 0.15) is 5.76 Å². The number of hydrogen-bond donors (Lipinski definition) is 1. The maximum atomic E-state index is 10.5. The molecule has 58 valence electrons. The Morgan fingerprint density at radius 3 is 2.45 bits per heavy atom. The molecule has 0 saturated carbocycles. The molecule has 0 aromatic rings. The molecule has 0 atom stereocenters. The van der Waals surface area contributed by atoms with E-state index in [0.29, 0.717) is 0 Å². The van der Waals surface area contributed by atoms with E-state index in [1.807, 2.05) is 24.3 Å². The van der Waals surface area contributed by atoms with Gasteiger partial charge in [0.25, 0.3) is 0 Å². The van der Waals surface area contributed by atoms with Crippen molar-refractivity contribution in [2.45, 2.75) is 6.92 Å². The Labute approximate surface area is 65.5 Å². The third-order valence-corrected chi connectivity index (χ3v) is 1.44. The average Bonchev–Trinajstić information content (AvgIpc) is 2.35. The van der Waals surface area contributed by atoms with Gasteiger partial charge in [0.2, 0.25) is 0 Å². The first-order valence-corrected chi connectivity index (χ1v) is 3.46. The zero-order valence-electron chi connectivity index (χ0n) is 6.32. The molecule has 1 N–H and O–H groups in total. The Kier molecular flexibility index (Phi) is 2.26.